The number of amides is 2. The highest BCUT2D eigenvalue weighted by Gasteiger charge is 2.12. The lowest BCUT2D eigenvalue weighted by Gasteiger charge is -2.13. The number of carbonyl (C=O) groups is 1. The van der Waals surface area contributed by atoms with E-state index in [1.54, 1.807) is 12.1 Å². The fourth-order valence-electron chi connectivity index (χ4n) is 1.79. The van der Waals surface area contributed by atoms with Gasteiger partial charge in [0.05, 0.1) is 12.3 Å². The van der Waals surface area contributed by atoms with Crippen LogP contribution in [0, 0.1) is 11.6 Å². The number of rotatable bonds is 3. The average Bonchev–Trinajstić information content (AvgIpc) is 2.36. The fraction of sp³-hybridized carbons (Fsp3) is 0.0714. The third kappa shape index (κ3) is 4.25. The first-order valence-electron chi connectivity index (χ1n) is 6.02. The maximum Gasteiger partial charge on any atom is 0.323 e. The highest BCUT2D eigenvalue weighted by molar-refractivity contribution is 9.11. The van der Waals surface area contributed by atoms with E-state index in [9.17, 15) is 18.7 Å². The molecule has 0 aliphatic rings. The molecule has 0 spiro atoms. The first-order valence-corrected chi connectivity index (χ1v) is 7.60. The third-order valence-corrected chi connectivity index (χ3v) is 3.85. The summed E-state index contributed by atoms with van der Waals surface area (Å²) in [6.45, 7) is -0.294. The number of halogens is 4. The number of nitrogens with one attached hydrogen (secondary N) is 2. The van der Waals surface area contributed by atoms with Crippen LogP contribution in [0.4, 0.5) is 25.0 Å². The van der Waals surface area contributed by atoms with E-state index >= 15 is 0 Å². The molecule has 0 aliphatic heterocycles. The number of urea groups is 1. The van der Waals surface area contributed by atoms with Crippen LogP contribution in [0.5, 0.6) is 0 Å². The van der Waals surface area contributed by atoms with Gasteiger partial charge in [0.2, 0.25) is 0 Å². The molecule has 2 rings (SSSR count). The molecule has 0 heterocycles. The van der Waals surface area contributed by atoms with Crippen molar-refractivity contribution in [1.29, 1.82) is 0 Å². The number of anilines is 2. The summed E-state index contributed by atoms with van der Waals surface area (Å²) in [5, 5.41) is 14.2. The largest absolute Gasteiger partial charge is 0.392 e. The number of hydrogen-bond donors (Lipinski definition) is 3. The van der Waals surface area contributed by atoms with Gasteiger partial charge in [-0.25, -0.2) is 13.6 Å². The van der Waals surface area contributed by atoms with Crippen LogP contribution in [0.1, 0.15) is 5.56 Å². The zero-order chi connectivity index (χ0) is 16.3. The molecule has 0 radical (unpaired) electrons. The van der Waals surface area contributed by atoms with E-state index in [4.69, 9.17) is 0 Å². The van der Waals surface area contributed by atoms with E-state index in [0.717, 1.165) is 12.1 Å². The summed E-state index contributed by atoms with van der Waals surface area (Å²) in [5.41, 5.74) is 0.816. The van der Waals surface area contributed by atoms with Gasteiger partial charge in [-0.1, -0.05) is 31.9 Å². The Morgan fingerprint density at radius 3 is 2.27 bits per heavy atom. The highest BCUT2D eigenvalue weighted by Crippen LogP contribution is 2.30. The summed E-state index contributed by atoms with van der Waals surface area (Å²) in [5.74, 6) is -1.59. The maximum absolute atomic E-state index is 13.1. The molecule has 2 amide bonds. The summed E-state index contributed by atoms with van der Waals surface area (Å²) in [6.07, 6.45) is 0. The van der Waals surface area contributed by atoms with Gasteiger partial charge in [-0.2, -0.15) is 0 Å². The highest BCUT2D eigenvalue weighted by atomic mass is 79.9. The minimum atomic E-state index is -0.795. The quantitative estimate of drug-likeness (QED) is 0.658. The molecule has 0 aliphatic carbocycles. The molecule has 0 unspecified atom stereocenters. The Labute approximate surface area is 141 Å². The number of carbonyl (C=O) groups excluding carboxylic acids is 1. The molecule has 0 fully saturated rings. The van der Waals surface area contributed by atoms with E-state index in [1.807, 2.05) is 0 Å². The molecule has 2 aromatic carbocycles. The summed E-state index contributed by atoms with van der Waals surface area (Å²) in [4.78, 5) is 11.9. The first kappa shape index (κ1) is 16.9. The minimum Gasteiger partial charge on any atom is -0.392 e. The van der Waals surface area contributed by atoms with Crippen LogP contribution in [0.25, 0.3) is 0 Å². The van der Waals surface area contributed by atoms with Crippen LogP contribution in [-0.2, 0) is 6.61 Å². The smallest absolute Gasteiger partial charge is 0.323 e. The molecule has 4 nitrogen and oxygen atoms in total. The maximum atomic E-state index is 13.1. The first-order chi connectivity index (χ1) is 10.4. The van der Waals surface area contributed by atoms with E-state index < -0.39 is 17.7 Å². The van der Waals surface area contributed by atoms with Crippen molar-refractivity contribution in [2.75, 3.05) is 10.6 Å². The third-order valence-electron chi connectivity index (χ3n) is 2.69. The summed E-state index contributed by atoms with van der Waals surface area (Å²) in [7, 11) is 0. The van der Waals surface area contributed by atoms with Gasteiger partial charge in [0.15, 0.2) is 0 Å². The number of benzene rings is 2. The van der Waals surface area contributed by atoms with Crippen LogP contribution < -0.4 is 10.6 Å². The Hall–Kier alpha value is -1.51. The van der Waals surface area contributed by atoms with Crippen molar-refractivity contribution in [3.63, 3.8) is 0 Å². The monoisotopic (exact) mass is 434 g/mol. The lowest BCUT2D eigenvalue weighted by molar-refractivity contribution is 0.262. The molecule has 8 heteroatoms. The van der Waals surface area contributed by atoms with Gasteiger partial charge in [-0.15, -0.1) is 0 Å². The van der Waals surface area contributed by atoms with Gasteiger partial charge in [-0.3, -0.25) is 0 Å². The van der Waals surface area contributed by atoms with Crippen LogP contribution in [-0.4, -0.2) is 11.1 Å². The van der Waals surface area contributed by atoms with Gasteiger partial charge >= 0.3 is 6.03 Å². The Morgan fingerprint density at radius 2 is 1.68 bits per heavy atom. The molecule has 116 valence electrons. The molecule has 0 aromatic heterocycles. The number of aliphatic hydroxyl groups excluding tert-OH is 1. The lowest BCUT2D eigenvalue weighted by Crippen LogP contribution is -2.20. The van der Waals surface area contributed by atoms with E-state index in [0.29, 0.717) is 26.3 Å². The van der Waals surface area contributed by atoms with Gasteiger partial charge in [0.25, 0.3) is 0 Å². The molecule has 22 heavy (non-hydrogen) atoms. The molecule has 2 aromatic rings. The standard InChI is InChI=1S/C14H10Br2F2N2O2/c15-7-1-12(16)11(6-21)13(2-7)20-14(22)19-10-4-8(17)3-9(18)5-10/h1-5,21H,6H2,(H2,19,20,22). The van der Waals surface area contributed by atoms with E-state index in [-0.39, 0.29) is 12.3 Å². The fourth-order valence-corrected chi connectivity index (χ4v) is 3.14. The Kier molecular flexibility index (Phi) is 5.49. The summed E-state index contributed by atoms with van der Waals surface area (Å²) < 4.78 is 27.4. The van der Waals surface area contributed by atoms with Crippen molar-refractivity contribution in [2.24, 2.45) is 0 Å². The lowest BCUT2D eigenvalue weighted by atomic mass is 10.2. The molecular formula is C14H10Br2F2N2O2. The van der Waals surface area contributed by atoms with Crippen LogP contribution in [0.3, 0.4) is 0 Å². The molecule has 0 saturated heterocycles. The van der Waals surface area contributed by atoms with Crippen LogP contribution in [0.2, 0.25) is 0 Å². The van der Waals surface area contributed by atoms with Gasteiger partial charge < -0.3 is 15.7 Å². The SMILES string of the molecule is O=C(Nc1cc(F)cc(F)c1)Nc1cc(Br)cc(Br)c1CO. The minimum absolute atomic E-state index is 0.0189. The van der Waals surface area contributed by atoms with Crippen molar-refractivity contribution in [2.45, 2.75) is 6.61 Å². The zero-order valence-corrected chi connectivity index (χ0v) is 14.1. The molecule has 0 saturated carbocycles. The Bertz CT molecular complexity index is 706. The molecule has 3 N–H and O–H groups in total. The number of aliphatic hydroxyl groups is 1. The number of hydrogen-bond acceptors (Lipinski definition) is 2. The molecule has 0 bridgehead atoms. The zero-order valence-electron chi connectivity index (χ0n) is 11.0. The van der Waals surface area contributed by atoms with Gasteiger partial charge in [0, 0.05) is 26.3 Å². The summed E-state index contributed by atoms with van der Waals surface area (Å²) in [6, 6.07) is 5.32. The van der Waals surface area contributed by atoms with E-state index in [2.05, 4.69) is 42.5 Å². The Morgan fingerprint density at radius 1 is 1.05 bits per heavy atom. The molecule has 0 atom stereocenters. The molecular weight excluding hydrogens is 426 g/mol. The topological polar surface area (TPSA) is 61.4 Å². The Balaban J connectivity index is 2.19. The van der Waals surface area contributed by atoms with Crippen LogP contribution >= 0.6 is 31.9 Å². The van der Waals surface area contributed by atoms with Crippen molar-refractivity contribution in [3.8, 4) is 0 Å². The second kappa shape index (κ2) is 7.17. The van der Waals surface area contributed by atoms with Crippen molar-refractivity contribution < 1.29 is 18.7 Å². The predicted molar refractivity (Wildman–Crippen MR) is 86.8 cm³/mol. The van der Waals surface area contributed by atoms with E-state index in [1.165, 1.54) is 0 Å². The average molecular weight is 436 g/mol. The van der Waals surface area contributed by atoms with Crippen LogP contribution in [0.15, 0.2) is 39.3 Å². The van der Waals surface area contributed by atoms with Gasteiger partial charge in [0.1, 0.15) is 11.6 Å². The normalized spacial score (nSPS) is 10.4. The predicted octanol–water partition coefficient (Wildman–Crippen LogP) is 4.63. The summed E-state index contributed by atoms with van der Waals surface area (Å²) >= 11 is 6.54. The van der Waals surface area contributed by atoms with Crippen molar-refractivity contribution in [3.05, 3.63) is 56.5 Å². The second-order valence-corrected chi connectivity index (χ2v) is 6.08. The van der Waals surface area contributed by atoms with Crippen molar-refractivity contribution in [1.82, 2.24) is 0 Å². The second-order valence-electron chi connectivity index (χ2n) is 4.31. The van der Waals surface area contributed by atoms with Crippen molar-refractivity contribution >= 4 is 49.3 Å². The van der Waals surface area contributed by atoms with Gasteiger partial charge in [-0.05, 0) is 24.3 Å².